The van der Waals surface area contributed by atoms with Crippen LogP contribution in [0.15, 0.2) is 24.4 Å². The van der Waals surface area contributed by atoms with E-state index in [9.17, 15) is 0 Å². The van der Waals surface area contributed by atoms with Gasteiger partial charge in [-0.25, -0.2) is 9.36 Å². The fourth-order valence-corrected chi connectivity index (χ4v) is 11.3. The number of aryl methyl sites for hydroxylation is 1. The van der Waals surface area contributed by atoms with Crippen LogP contribution in [0.2, 0.25) is 16.6 Å². The topological polar surface area (TPSA) is 80.1 Å². The lowest BCUT2D eigenvalue weighted by atomic mass is 10.1. The molecule has 4 rings (SSSR count). The van der Waals surface area contributed by atoms with E-state index in [1.165, 1.54) is 0 Å². The molecule has 1 fully saturated rings. The van der Waals surface area contributed by atoms with Crippen LogP contribution in [-0.2, 0) is 11.8 Å². The van der Waals surface area contributed by atoms with E-state index in [0.717, 1.165) is 53.6 Å². The second kappa shape index (κ2) is 11.6. The SMILES string of the molecule is CC(N)COc1c(-c2ccc3c(c2)c(C#C[Si](C(C)C)(C(C)C)C(C)C)nn3C2CCCCO2)cnn1C. The standard InChI is InChI=1S/C30H45N5O2Si/c1-20(2)38(21(3)4,22(5)6)16-14-27-25-17-24(26-18-32-34(8)30(26)37-19-23(7)31)12-13-28(25)35(33-27)29-11-9-10-15-36-29/h12-13,17-18,20-23,29H,9-11,15,19,31H2,1-8H3. The van der Waals surface area contributed by atoms with E-state index < -0.39 is 8.07 Å². The van der Waals surface area contributed by atoms with Crippen molar-refractivity contribution in [2.75, 3.05) is 13.2 Å². The molecule has 38 heavy (non-hydrogen) atoms. The fraction of sp³-hybridized carbons (Fsp3) is 0.600. The van der Waals surface area contributed by atoms with Crippen molar-refractivity contribution in [3.05, 3.63) is 30.1 Å². The number of nitrogens with two attached hydrogens (primary N) is 1. The fourth-order valence-electron chi connectivity index (χ4n) is 6.14. The molecule has 1 aliphatic heterocycles. The van der Waals surface area contributed by atoms with Crippen LogP contribution in [0, 0.1) is 11.5 Å². The molecule has 1 aromatic carbocycles. The Morgan fingerprint density at radius 3 is 2.42 bits per heavy atom. The second-order valence-electron chi connectivity index (χ2n) is 11.8. The molecule has 1 aliphatic rings. The zero-order chi connectivity index (χ0) is 27.6. The lowest BCUT2D eigenvalue weighted by molar-refractivity contribution is -0.0367. The summed E-state index contributed by atoms with van der Waals surface area (Å²) in [5.41, 5.74) is 15.4. The normalized spacial score (nSPS) is 17.3. The average Bonchev–Trinajstić information content (AvgIpc) is 3.42. The Hall–Kier alpha value is -2.60. The molecule has 0 aliphatic carbocycles. The van der Waals surface area contributed by atoms with Crippen molar-refractivity contribution in [2.24, 2.45) is 12.8 Å². The van der Waals surface area contributed by atoms with E-state index >= 15 is 0 Å². The minimum absolute atomic E-state index is 0.0572. The number of nitrogens with zero attached hydrogens (tertiary/aromatic N) is 4. The van der Waals surface area contributed by atoms with Gasteiger partial charge in [0.2, 0.25) is 5.88 Å². The van der Waals surface area contributed by atoms with Crippen LogP contribution in [0.25, 0.3) is 22.0 Å². The monoisotopic (exact) mass is 535 g/mol. The van der Waals surface area contributed by atoms with Crippen molar-refractivity contribution in [3.63, 3.8) is 0 Å². The number of fused-ring (bicyclic) bond motifs is 1. The molecule has 2 unspecified atom stereocenters. The van der Waals surface area contributed by atoms with Crippen LogP contribution < -0.4 is 10.5 Å². The Bertz CT molecular complexity index is 1280. The molecule has 2 aromatic heterocycles. The highest BCUT2D eigenvalue weighted by Crippen LogP contribution is 2.41. The van der Waals surface area contributed by atoms with E-state index in [1.807, 2.05) is 20.2 Å². The summed E-state index contributed by atoms with van der Waals surface area (Å²) in [6, 6.07) is 6.38. The summed E-state index contributed by atoms with van der Waals surface area (Å²) in [7, 11) is -0.0287. The number of aromatic nitrogens is 4. The van der Waals surface area contributed by atoms with Gasteiger partial charge in [-0.15, -0.1) is 5.54 Å². The number of rotatable bonds is 8. The maximum absolute atomic E-state index is 6.15. The highest BCUT2D eigenvalue weighted by atomic mass is 28.3. The summed E-state index contributed by atoms with van der Waals surface area (Å²) in [5, 5.41) is 10.6. The minimum atomic E-state index is -1.92. The first kappa shape index (κ1) is 28.4. The molecule has 3 aromatic rings. The van der Waals surface area contributed by atoms with Crippen molar-refractivity contribution < 1.29 is 9.47 Å². The Kier molecular flexibility index (Phi) is 8.71. The predicted octanol–water partition coefficient (Wildman–Crippen LogP) is 6.43. The first-order valence-electron chi connectivity index (χ1n) is 14.1. The van der Waals surface area contributed by atoms with Crippen LogP contribution in [0.4, 0.5) is 0 Å². The molecule has 0 amide bonds. The smallest absolute Gasteiger partial charge is 0.219 e. The highest BCUT2D eigenvalue weighted by molar-refractivity contribution is 6.90. The minimum Gasteiger partial charge on any atom is -0.476 e. The first-order chi connectivity index (χ1) is 18.1. The van der Waals surface area contributed by atoms with E-state index in [1.54, 1.807) is 4.68 Å². The quantitative estimate of drug-likeness (QED) is 0.265. The summed E-state index contributed by atoms with van der Waals surface area (Å²) in [4.78, 5) is 0. The number of hydrogen-bond acceptors (Lipinski definition) is 5. The van der Waals surface area contributed by atoms with E-state index in [4.69, 9.17) is 20.3 Å². The summed E-state index contributed by atoms with van der Waals surface area (Å²) in [6.45, 7) is 17.2. The van der Waals surface area contributed by atoms with Crippen molar-refractivity contribution in [1.82, 2.24) is 19.6 Å². The van der Waals surface area contributed by atoms with Gasteiger partial charge in [0.1, 0.15) is 20.4 Å². The van der Waals surface area contributed by atoms with Crippen molar-refractivity contribution >= 4 is 19.0 Å². The Morgan fingerprint density at radius 1 is 1.11 bits per heavy atom. The first-order valence-corrected chi connectivity index (χ1v) is 16.4. The molecule has 3 heterocycles. The molecule has 8 heteroatoms. The molecule has 0 radical (unpaired) electrons. The van der Waals surface area contributed by atoms with E-state index in [0.29, 0.717) is 29.1 Å². The third-order valence-electron chi connectivity index (χ3n) is 8.08. The van der Waals surface area contributed by atoms with Gasteiger partial charge in [0.25, 0.3) is 0 Å². The van der Waals surface area contributed by atoms with Gasteiger partial charge in [0, 0.05) is 25.1 Å². The predicted molar refractivity (Wildman–Crippen MR) is 158 cm³/mol. The summed E-state index contributed by atoms with van der Waals surface area (Å²) in [6.07, 6.45) is 5.00. The van der Waals surface area contributed by atoms with Gasteiger partial charge in [0.05, 0.1) is 17.3 Å². The van der Waals surface area contributed by atoms with Crippen molar-refractivity contribution in [3.8, 4) is 28.5 Å². The van der Waals surface area contributed by atoms with Crippen LogP contribution in [0.3, 0.4) is 0 Å². The van der Waals surface area contributed by atoms with E-state index in [-0.39, 0.29) is 12.3 Å². The third-order valence-corrected chi connectivity index (χ3v) is 14.4. The Morgan fingerprint density at radius 2 is 1.82 bits per heavy atom. The number of benzene rings is 1. The number of hydrogen-bond donors (Lipinski definition) is 1. The number of ether oxygens (including phenoxy) is 2. The summed E-state index contributed by atoms with van der Waals surface area (Å²) in [5.74, 6) is 4.34. The lowest BCUT2D eigenvalue weighted by Crippen LogP contribution is -2.43. The maximum Gasteiger partial charge on any atom is 0.219 e. The van der Waals surface area contributed by atoms with Crippen molar-refractivity contribution in [1.29, 1.82) is 0 Å². The van der Waals surface area contributed by atoms with Crippen LogP contribution in [-0.4, -0.2) is 46.9 Å². The molecule has 206 valence electrons. The van der Waals surface area contributed by atoms with E-state index in [2.05, 4.69) is 81.0 Å². The molecule has 7 nitrogen and oxygen atoms in total. The third kappa shape index (κ3) is 5.42. The molecule has 2 atom stereocenters. The maximum atomic E-state index is 6.15. The van der Waals surface area contributed by atoms with Crippen LogP contribution in [0.5, 0.6) is 5.88 Å². The molecule has 2 N–H and O–H groups in total. The molecular weight excluding hydrogens is 490 g/mol. The van der Waals surface area contributed by atoms with Gasteiger partial charge in [-0.3, -0.25) is 0 Å². The second-order valence-corrected chi connectivity index (χ2v) is 17.3. The van der Waals surface area contributed by atoms with Gasteiger partial charge in [-0.2, -0.15) is 10.2 Å². The van der Waals surface area contributed by atoms with Gasteiger partial charge in [0.15, 0.2) is 6.23 Å². The largest absolute Gasteiger partial charge is 0.476 e. The van der Waals surface area contributed by atoms with Crippen LogP contribution in [0.1, 0.15) is 79.7 Å². The van der Waals surface area contributed by atoms with Gasteiger partial charge >= 0.3 is 0 Å². The highest BCUT2D eigenvalue weighted by Gasteiger charge is 2.41. The Labute approximate surface area is 229 Å². The van der Waals surface area contributed by atoms with Crippen LogP contribution >= 0.6 is 0 Å². The van der Waals surface area contributed by atoms with Crippen molar-refractivity contribution in [2.45, 2.75) is 96.6 Å². The molecule has 0 spiro atoms. The average molecular weight is 536 g/mol. The molecule has 0 saturated carbocycles. The zero-order valence-electron chi connectivity index (χ0n) is 24.4. The molecular formula is C30H45N5O2Si. The zero-order valence-corrected chi connectivity index (χ0v) is 25.4. The van der Waals surface area contributed by atoms with Gasteiger partial charge < -0.3 is 15.2 Å². The Balaban J connectivity index is 1.87. The van der Waals surface area contributed by atoms with Gasteiger partial charge in [-0.05, 0) is 60.5 Å². The summed E-state index contributed by atoms with van der Waals surface area (Å²) < 4.78 is 16.0. The summed E-state index contributed by atoms with van der Waals surface area (Å²) >= 11 is 0. The molecule has 0 bridgehead atoms. The lowest BCUT2D eigenvalue weighted by Gasteiger charge is -2.38. The molecule has 1 saturated heterocycles. The van der Waals surface area contributed by atoms with Gasteiger partial charge in [-0.1, -0.05) is 53.5 Å².